The van der Waals surface area contributed by atoms with Crippen LogP contribution in [0.5, 0.6) is 11.5 Å². The Labute approximate surface area is 227 Å². The van der Waals surface area contributed by atoms with Crippen LogP contribution in [0, 0.1) is 5.82 Å². The van der Waals surface area contributed by atoms with Crippen LogP contribution in [0.1, 0.15) is 40.5 Å². The van der Waals surface area contributed by atoms with Gasteiger partial charge in [-0.25, -0.2) is 14.4 Å². The first-order valence-corrected chi connectivity index (χ1v) is 13.6. The van der Waals surface area contributed by atoms with Gasteiger partial charge in [-0.1, -0.05) is 18.2 Å². The highest BCUT2D eigenvalue weighted by Gasteiger charge is 2.43. The van der Waals surface area contributed by atoms with Crippen LogP contribution in [0.15, 0.2) is 66.2 Å². The number of aromatic nitrogens is 3. The molecule has 0 spiro atoms. The van der Waals surface area contributed by atoms with Crippen LogP contribution < -0.4 is 15.4 Å². The molecule has 1 fully saturated rings. The number of rotatable bonds is 7. The molecule has 198 valence electrons. The Bertz CT molecular complexity index is 1370. The van der Waals surface area contributed by atoms with Crippen molar-refractivity contribution >= 4 is 28.2 Å². The van der Waals surface area contributed by atoms with Gasteiger partial charge in [0.25, 0.3) is 0 Å². The predicted molar refractivity (Wildman–Crippen MR) is 152 cm³/mol. The number of nitrogens with one attached hydrogen (secondary N) is 2. The Kier molecular flexibility index (Phi) is 7.07. The van der Waals surface area contributed by atoms with Crippen LogP contribution in [0.2, 0.25) is 0 Å². The van der Waals surface area contributed by atoms with Crippen molar-refractivity contribution in [1.29, 1.82) is 0 Å². The minimum Gasteiger partial charge on any atom is -0.457 e. The van der Waals surface area contributed by atoms with Gasteiger partial charge in [-0.2, -0.15) is 4.98 Å². The second-order valence-corrected chi connectivity index (χ2v) is 11.8. The van der Waals surface area contributed by atoms with Crippen LogP contribution >= 0.6 is 11.3 Å². The maximum Gasteiger partial charge on any atom is 0.231 e. The lowest BCUT2D eigenvalue weighted by Crippen LogP contribution is -2.61. The molecule has 0 bridgehead atoms. The number of halogens is 1. The highest BCUT2D eigenvalue weighted by molar-refractivity contribution is 7.14. The van der Waals surface area contributed by atoms with Crippen LogP contribution in [0.3, 0.4) is 0 Å². The summed E-state index contributed by atoms with van der Waals surface area (Å²) >= 11 is 1.44. The molecule has 2 N–H and O–H groups in total. The van der Waals surface area contributed by atoms with Crippen molar-refractivity contribution in [3.05, 3.63) is 72.0 Å². The normalized spacial score (nSPS) is 17.2. The van der Waals surface area contributed by atoms with Crippen molar-refractivity contribution < 1.29 is 9.13 Å². The molecule has 0 unspecified atom stereocenters. The average molecular weight is 533 g/mol. The number of benzene rings is 2. The zero-order chi connectivity index (χ0) is 26.9. The van der Waals surface area contributed by atoms with Crippen molar-refractivity contribution in [3.63, 3.8) is 0 Å². The number of ether oxygens (including phenoxy) is 1. The Morgan fingerprint density at radius 3 is 2.29 bits per heavy atom. The molecule has 7 nitrogen and oxygen atoms in total. The molecule has 0 aliphatic carbocycles. The van der Waals surface area contributed by atoms with Gasteiger partial charge < -0.3 is 10.1 Å². The lowest BCUT2D eigenvalue weighted by molar-refractivity contribution is -0.00778. The molecule has 0 atom stereocenters. The summed E-state index contributed by atoms with van der Waals surface area (Å²) in [7, 11) is 2.15. The summed E-state index contributed by atoms with van der Waals surface area (Å²) in [5, 5.41) is 9.05. The molecule has 2 aromatic carbocycles. The summed E-state index contributed by atoms with van der Waals surface area (Å²) < 4.78 is 20.5. The molecular formula is C29H33FN6OS. The van der Waals surface area contributed by atoms with Gasteiger partial charge in [0, 0.05) is 28.1 Å². The monoisotopic (exact) mass is 532 g/mol. The number of hydrogen-bond acceptors (Lipinski definition) is 8. The summed E-state index contributed by atoms with van der Waals surface area (Å²) in [6.07, 6.45) is 2.96. The van der Waals surface area contributed by atoms with E-state index in [1.165, 1.54) is 17.5 Å². The zero-order valence-corrected chi connectivity index (χ0v) is 23.1. The van der Waals surface area contributed by atoms with Gasteiger partial charge in [-0.05, 0) is 84.0 Å². The van der Waals surface area contributed by atoms with E-state index < -0.39 is 5.82 Å². The number of hydrogen-bond donors (Lipinski definition) is 2. The maximum atomic E-state index is 14.7. The molecule has 5 rings (SSSR count). The van der Waals surface area contributed by atoms with Gasteiger partial charge >= 0.3 is 0 Å². The van der Waals surface area contributed by atoms with Crippen molar-refractivity contribution in [2.45, 2.75) is 57.7 Å². The van der Waals surface area contributed by atoms with E-state index in [4.69, 9.17) is 4.74 Å². The van der Waals surface area contributed by atoms with Crippen LogP contribution in [0.25, 0.3) is 11.3 Å². The molecule has 2 aromatic heterocycles. The minimum atomic E-state index is -0.470. The Hall–Kier alpha value is -3.56. The van der Waals surface area contributed by atoms with E-state index in [1.54, 1.807) is 0 Å². The van der Waals surface area contributed by atoms with Crippen molar-refractivity contribution in [2.75, 3.05) is 17.7 Å². The lowest BCUT2D eigenvalue weighted by Gasteiger charge is -2.53. The smallest absolute Gasteiger partial charge is 0.231 e. The molecule has 1 aliphatic heterocycles. The average Bonchev–Trinajstić information content (AvgIpc) is 3.34. The minimum absolute atomic E-state index is 0.0207. The molecular weight excluding hydrogens is 499 g/mol. The van der Waals surface area contributed by atoms with Crippen LogP contribution in [-0.2, 0) is 0 Å². The van der Waals surface area contributed by atoms with E-state index in [9.17, 15) is 4.39 Å². The van der Waals surface area contributed by atoms with E-state index in [0.29, 0.717) is 11.1 Å². The Balaban J connectivity index is 1.26. The third kappa shape index (κ3) is 5.79. The van der Waals surface area contributed by atoms with Gasteiger partial charge in [0.05, 0.1) is 11.9 Å². The van der Waals surface area contributed by atoms with Gasteiger partial charge in [0.1, 0.15) is 11.5 Å². The predicted octanol–water partition coefficient (Wildman–Crippen LogP) is 7.34. The Morgan fingerprint density at radius 1 is 0.947 bits per heavy atom. The fourth-order valence-electron chi connectivity index (χ4n) is 5.07. The second-order valence-electron chi connectivity index (χ2n) is 10.9. The number of nitrogens with zero attached hydrogens (tertiary/aromatic N) is 4. The first-order chi connectivity index (χ1) is 18.1. The van der Waals surface area contributed by atoms with E-state index in [0.717, 1.165) is 35.6 Å². The fourth-order valence-corrected chi connectivity index (χ4v) is 5.79. The van der Waals surface area contributed by atoms with Crippen molar-refractivity contribution in [1.82, 2.24) is 19.9 Å². The van der Waals surface area contributed by atoms with E-state index in [2.05, 4.69) is 65.2 Å². The SMILES string of the molecule is CN1C(C)(C)CC(Nc2nc(Nc3nc(-c4ccc(Oc5ccccc5)cc4)cs3)ncc2F)CC1(C)C. The number of para-hydroxylation sites is 1. The standard InChI is InChI=1S/C29H33FN6OS/c1-28(2)15-20(16-29(3,4)36(28)5)32-25-23(30)17-31-26(34-25)35-27-33-24(18-38-27)19-11-13-22(14-12-19)37-21-9-7-6-8-10-21/h6-14,17-18,20H,15-16H2,1-5H3,(H2,31,32,33,34,35). The first kappa shape index (κ1) is 26.1. The molecule has 1 saturated heterocycles. The summed E-state index contributed by atoms with van der Waals surface area (Å²) in [4.78, 5) is 15.6. The van der Waals surface area contributed by atoms with E-state index in [-0.39, 0.29) is 22.9 Å². The number of anilines is 3. The first-order valence-electron chi connectivity index (χ1n) is 12.7. The molecule has 1 aliphatic rings. The van der Waals surface area contributed by atoms with Crippen molar-refractivity contribution in [2.24, 2.45) is 0 Å². The molecule has 0 saturated carbocycles. The summed E-state index contributed by atoms with van der Waals surface area (Å²) in [6, 6.07) is 17.5. The quantitative estimate of drug-likeness (QED) is 0.258. The summed E-state index contributed by atoms with van der Waals surface area (Å²) in [5.74, 6) is 1.58. The number of thiazole rings is 1. The number of piperidine rings is 1. The van der Waals surface area contributed by atoms with E-state index >= 15 is 0 Å². The molecule has 0 amide bonds. The van der Waals surface area contributed by atoms with Crippen LogP contribution in [-0.4, -0.2) is 44.0 Å². The Morgan fingerprint density at radius 2 is 1.61 bits per heavy atom. The molecule has 9 heteroatoms. The molecule has 4 aromatic rings. The molecule has 3 heterocycles. The highest BCUT2D eigenvalue weighted by Crippen LogP contribution is 2.38. The van der Waals surface area contributed by atoms with Crippen molar-refractivity contribution in [3.8, 4) is 22.8 Å². The summed E-state index contributed by atoms with van der Waals surface area (Å²) in [5.41, 5.74) is 1.74. The maximum absolute atomic E-state index is 14.7. The van der Waals surface area contributed by atoms with Gasteiger partial charge in [0.2, 0.25) is 5.95 Å². The zero-order valence-electron chi connectivity index (χ0n) is 22.3. The largest absolute Gasteiger partial charge is 0.457 e. The topological polar surface area (TPSA) is 75.2 Å². The van der Waals surface area contributed by atoms with Gasteiger partial charge in [-0.3, -0.25) is 10.2 Å². The third-order valence-electron chi connectivity index (χ3n) is 7.24. The number of likely N-dealkylation sites (tertiary alicyclic amines) is 1. The highest BCUT2D eigenvalue weighted by atomic mass is 32.1. The van der Waals surface area contributed by atoms with E-state index in [1.807, 2.05) is 60.0 Å². The molecule has 38 heavy (non-hydrogen) atoms. The van der Waals surface area contributed by atoms with Gasteiger partial charge in [0.15, 0.2) is 16.8 Å². The summed E-state index contributed by atoms with van der Waals surface area (Å²) in [6.45, 7) is 8.87. The molecule has 0 radical (unpaired) electrons. The second kappa shape index (κ2) is 10.3. The van der Waals surface area contributed by atoms with Crippen LogP contribution in [0.4, 0.5) is 21.3 Å². The van der Waals surface area contributed by atoms with Gasteiger partial charge in [-0.15, -0.1) is 11.3 Å². The lowest BCUT2D eigenvalue weighted by atomic mass is 9.77. The fraction of sp³-hybridized carbons (Fsp3) is 0.345. The third-order valence-corrected chi connectivity index (χ3v) is 8.00.